The number of anilines is 1. The van der Waals surface area contributed by atoms with Crippen LogP contribution in [-0.2, 0) is 11.3 Å². The third kappa shape index (κ3) is 6.13. The average Bonchev–Trinajstić information content (AvgIpc) is 3.12. The summed E-state index contributed by atoms with van der Waals surface area (Å²) in [6.07, 6.45) is 5.73. The van der Waals surface area contributed by atoms with Crippen molar-refractivity contribution in [2.24, 2.45) is 0 Å². The molecular formula is C20H28N4O4. The molecule has 0 amide bonds. The molecule has 1 aromatic carbocycles. The maximum atomic E-state index is 10.8. The summed E-state index contributed by atoms with van der Waals surface area (Å²) in [4.78, 5) is 10.4. The van der Waals surface area contributed by atoms with Crippen molar-refractivity contribution in [3.05, 3.63) is 48.4 Å². The van der Waals surface area contributed by atoms with Gasteiger partial charge in [0, 0.05) is 38.6 Å². The Bertz CT molecular complexity index is 701. The fourth-order valence-corrected chi connectivity index (χ4v) is 3.18. The molecule has 2 aromatic rings. The first kappa shape index (κ1) is 20.5. The first-order chi connectivity index (χ1) is 13.7. The van der Waals surface area contributed by atoms with Crippen LogP contribution in [-0.4, -0.2) is 71.8 Å². The van der Waals surface area contributed by atoms with Gasteiger partial charge in [-0.1, -0.05) is 12.1 Å². The maximum Gasteiger partial charge on any atom is 0.147 e. The van der Waals surface area contributed by atoms with E-state index >= 15 is 0 Å². The monoisotopic (exact) mass is 388 g/mol. The molecule has 1 aliphatic rings. The second kappa shape index (κ2) is 10.3. The molecule has 1 aromatic heterocycles. The Kier molecular flexibility index (Phi) is 7.55. The number of hydrogen-bond donors (Lipinski definition) is 3. The van der Waals surface area contributed by atoms with E-state index in [0.29, 0.717) is 45.9 Å². The molecule has 8 heteroatoms. The number of nitrogens with one attached hydrogen (secondary N) is 1. The number of benzene rings is 1. The Labute approximate surface area is 165 Å². The smallest absolute Gasteiger partial charge is 0.147 e. The third-order valence-electron chi connectivity index (χ3n) is 4.64. The highest BCUT2D eigenvalue weighted by molar-refractivity contribution is 5.38. The lowest BCUT2D eigenvalue weighted by Gasteiger charge is -2.24. The van der Waals surface area contributed by atoms with Gasteiger partial charge >= 0.3 is 0 Å². The molecule has 0 radical (unpaired) electrons. The number of β-amino-alcohol motifs (C(OH)–C–C–N with tert-alkyl or cyclic N) is 1. The summed E-state index contributed by atoms with van der Waals surface area (Å²) in [6.45, 7) is 3.76. The number of ether oxygens (including phenoxy) is 2. The molecule has 3 N–H and O–H groups in total. The van der Waals surface area contributed by atoms with E-state index in [0.717, 1.165) is 23.7 Å². The normalized spacial score (nSPS) is 19.1. The summed E-state index contributed by atoms with van der Waals surface area (Å²) in [5.41, 5.74) is 0.353. The number of aliphatic hydroxyl groups is 2. The molecule has 1 saturated heterocycles. The number of aromatic nitrogens is 2. The van der Waals surface area contributed by atoms with Crippen molar-refractivity contribution in [3.8, 4) is 5.75 Å². The van der Waals surface area contributed by atoms with Crippen molar-refractivity contribution in [2.75, 3.05) is 51.0 Å². The number of aliphatic hydroxyl groups excluding tert-OH is 1. The highest BCUT2D eigenvalue weighted by atomic mass is 16.5. The standard InChI is InChI=1S/C20H28N4O4/c25-9-10-27-11-12-28-18-3-1-17(2-4-18)13-22-15-20(26)5-8-24(16-20)19-14-21-6-7-23-19/h1-4,6-7,14,22,25-26H,5,8-13,15-16H2/t20-/m1/s1. The van der Waals surface area contributed by atoms with Crippen LogP contribution in [0.3, 0.4) is 0 Å². The lowest BCUT2D eigenvalue weighted by atomic mass is 10.0. The minimum atomic E-state index is -0.769. The van der Waals surface area contributed by atoms with Gasteiger partial charge in [0.1, 0.15) is 18.2 Å². The molecule has 2 heterocycles. The van der Waals surface area contributed by atoms with E-state index in [1.54, 1.807) is 18.6 Å². The van der Waals surface area contributed by atoms with Crippen LogP contribution in [0.5, 0.6) is 5.75 Å². The molecule has 0 spiro atoms. The summed E-state index contributed by atoms with van der Waals surface area (Å²) in [7, 11) is 0. The molecule has 1 aliphatic heterocycles. The van der Waals surface area contributed by atoms with Gasteiger partial charge in [-0.15, -0.1) is 0 Å². The topological polar surface area (TPSA) is 100.0 Å². The molecule has 0 aliphatic carbocycles. The number of rotatable bonds is 11. The van der Waals surface area contributed by atoms with Crippen LogP contribution in [0.15, 0.2) is 42.9 Å². The van der Waals surface area contributed by atoms with Crippen molar-refractivity contribution in [2.45, 2.75) is 18.6 Å². The minimum absolute atomic E-state index is 0.0230. The molecule has 3 rings (SSSR count). The van der Waals surface area contributed by atoms with Gasteiger partial charge in [-0.05, 0) is 24.1 Å². The summed E-state index contributed by atoms with van der Waals surface area (Å²) in [6, 6.07) is 7.84. The number of nitrogens with zero attached hydrogens (tertiary/aromatic N) is 3. The van der Waals surface area contributed by atoms with Crippen LogP contribution in [0.2, 0.25) is 0 Å². The van der Waals surface area contributed by atoms with Crippen LogP contribution in [0, 0.1) is 0 Å². The molecule has 1 fully saturated rings. The van der Waals surface area contributed by atoms with Crippen LogP contribution >= 0.6 is 0 Å². The summed E-state index contributed by atoms with van der Waals surface area (Å²) < 4.78 is 10.7. The second-order valence-electron chi connectivity index (χ2n) is 6.89. The Morgan fingerprint density at radius 2 is 2.00 bits per heavy atom. The van der Waals surface area contributed by atoms with E-state index in [9.17, 15) is 5.11 Å². The molecule has 152 valence electrons. The SMILES string of the molecule is OCCOCCOc1ccc(CNC[C@]2(O)CCN(c3cnccn3)C2)cc1. The van der Waals surface area contributed by atoms with Crippen LogP contribution in [0.1, 0.15) is 12.0 Å². The van der Waals surface area contributed by atoms with Crippen molar-refractivity contribution in [3.63, 3.8) is 0 Å². The van der Waals surface area contributed by atoms with Gasteiger partial charge in [0.15, 0.2) is 0 Å². The quantitative estimate of drug-likeness (QED) is 0.481. The maximum absolute atomic E-state index is 10.8. The van der Waals surface area contributed by atoms with Gasteiger partial charge in [-0.25, -0.2) is 4.98 Å². The largest absolute Gasteiger partial charge is 0.491 e. The van der Waals surface area contributed by atoms with E-state index < -0.39 is 5.60 Å². The zero-order chi connectivity index (χ0) is 19.7. The molecule has 0 unspecified atom stereocenters. The lowest BCUT2D eigenvalue weighted by Crippen LogP contribution is -2.43. The lowest BCUT2D eigenvalue weighted by molar-refractivity contribution is 0.0626. The van der Waals surface area contributed by atoms with Gasteiger partial charge in [-0.3, -0.25) is 4.98 Å². The Balaban J connectivity index is 1.38. The zero-order valence-corrected chi connectivity index (χ0v) is 16.0. The Hall–Kier alpha value is -2.26. The minimum Gasteiger partial charge on any atom is -0.491 e. The molecule has 0 saturated carbocycles. The van der Waals surface area contributed by atoms with E-state index in [4.69, 9.17) is 14.6 Å². The van der Waals surface area contributed by atoms with E-state index in [1.165, 1.54) is 0 Å². The van der Waals surface area contributed by atoms with Gasteiger partial charge in [-0.2, -0.15) is 0 Å². The van der Waals surface area contributed by atoms with Gasteiger partial charge in [0.05, 0.1) is 31.6 Å². The Morgan fingerprint density at radius 1 is 1.14 bits per heavy atom. The molecular weight excluding hydrogens is 360 g/mol. The van der Waals surface area contributed by atoms with E-state index in [1.807, 2.05) is 24.3 Å². The summed E-state index contributed by atoms with van der Waals surface area (Å²) in [5.74, 6) is 1.58. The second-order valence-corrected chi connectivity index (χ2v) is 6.89. The fraction of sp³-hybridized carbons (Fsp3) is 0.500. The van der Waals surface area contributed by atoms with Gasteiger partial charge in [0.2, 0.25) is 0 Å². The third-order valence-corrected chi connectivity index (χ3v) is 4.64. The molecule has 0 bridgehead atoms. The Morgan fingerprint density at radius 3 is 2.75 bits per heavy atom. The van der Waals surface area contributed by atoms with E-state index in [2.05, 4.69) is 20.2 Å². The summed E-state index contributed by atoms with van der Waals surface area (Å²) >= 11 is 0. The molecule has 8 nitrogen and oxygen atoms in total. The van der Waals surface area contributed by atoms with Crippen LogP contribution < -0.4 is 15.0 Å². The molecule has 28 heavy (non-hydrogen) atoms. The average molecular weight is 388 g/mol. The first-order valence-electron chi connectivity index (χ1n) is 9.53. The fourth-order valence-electron chi connectivity index (χ4n) is 3.18. The van der Waals surface area contributed by atoms with Gasteiger partial charge in [0.25, 0.3) is 0 Å². The molecule has 1 atom stereocenters. The number of hydrogen-bond acceptors (Lipinski definition) is 8. The first-order valence-corrected chi connectivity index (χ1v) is 9.53. The van der Waals surface area contributed by atoms with Crippen molar-refractivity contribution >= 4 is 5.82 Å². The van der Waals surface area contributed by atoms with Crippen LogP contribution in [0.4, 0.5) is 5.82 Å². The van der Waals surface area contributed by atoms with Gasteiger partial charge < -0.3 is 29.9 Å². The summed E-state index contributed by atoms with van der Waals surface area (Å²) in [5, 5.41) is 22.8. The predicted molar refractivity (Wildman–Crippen MR) is 105 cm³/mol. The van der Waals surface area contributed by atoms with Crippen LogP contribution in [0.25, 0.3) is 0 Å². The zero-order valence-electron chi connectivity index (χ0n) is 16.0. The predicted octanol–water partition coefficient (Wildman–Crippen LogP) is 0.595. The van der Waals surface area contributed by atoms with Crippen molar-refractivity contribution in [1.82, 2.24) is 15.3 Å². The van der Waals surface area contributed by atoms with Crippen molar-refractivity contribution < 1.29 is 19.7 Å². The van der Waals surface area contributed by atoms with E-state index in [-0.39, 0.29) is 6.61 Å². The highest BCUT2D eigenvalue weighted by Crippen LogP contribution is 2.24. The highest BCUT2D eigenvalue weighted by Gasteiger charge is 2.36. The van der Waals surface area contributed by atoms with Crippen molar-refractivity contribution in [1.29, 1.82) is 0 Å².